The van der Waals surface area contributed by atoms with Crippen molar-refractivity contribution >= 4 is 10.9 Å². The second kappa shape index (κ2) is 4.93. The molecule has 2 heterocycles. The third-order valence-electron chi connectivity index (χ3n) is 3.99. The van der Waals surface area contributed by atoms with Crippen LogP contribution in [0.1, 0.15) is 18.2 Å². The van der Waals surface area contributed by atoms with Crippen molar-refractivity contribution in [3.63, 3.8) is 0 Å². The molecule has 2 nitrogen and oxygen atoms in total. The summed E-state index contributed by atoms with van der Waals surface area (Å²) < 4.78 is 25.6. The van der Waals surface area contributed by atoms with Crippen molar-refractivity contribution in [2.75, 3.05) is 13.2 Å². The number of fused-ring (bicyclic) bond motifs is 3. The third kappa shape index (κ3) is 2.25. The summed E-state index contributed by atoms with van der Waals surface area (Å²) >= 11 is 0. The first-order chi connectivity index (χ1) is 9.19. The van der Waals surface area contributed by atoms with Gasteiger partial charge in [0.1, 0.15) is 12.8 Å². The minimum absolute atomic E-state index is 0.173. The fraction of sp³-hybridized carbons (Fsp3) is 0.467. The Morgan fingerprint density at radius 1 is 1.42 bits per heavy atom. The van der Waals surface area contributed by atoms with Crippen molar-refractivity contribution in [1.29, 1.82) is 0 Å². The number of nitrogens with one attached hydrogen (secondary N) is 1. The van der Waals surface area contributed by atoms with Crippen LogP contribution in [0.15, 0.2) is 24.3 Å². The average Bonchev–Trinajstić information content (AvgIpc) is 2.77. The van der Waals surface area contributed by atoms with Crippen molar-refractivity contribution < 1.29 is 8.78 Å². The van der Waals surface area contributed by atoms with Gasteiger partial charge < -0.3 is 4.98 Å². The van der Waals surface area contributed by atoms with Crippen molar-refractivity contribution in [2.24, 2.45) is 0 Å². The Labute approximate surface area is 111 Å². The normalized spacial score (nSPS) is 21.5. The lowest BCUT2D eigenvalue weighted by Crippen LogP contribution is -2.42. The van der Waals surface area contributed by atoms with Gasteiger partial charge in [-0.25, -0.2) is 8.78 Å². The molecular formula is C15H18F2N2. The van der Waals surface area contributed by atoms with Crippen LogP contribution < -0.4 is 0 Å². The standard InChI is InChI=1S/C15H18F2N2/c1-10-6-13-12-4-2-3-5-14(12)18-15(13)9-19(10)8-11(17)7-16/h2-5,10-11,18H,6-9H2,1H3. The van der Waals surface area contributed by atoms with Gasteiger partial charge in [-0.05, 0) is 25.0 Å². The second-order valence-electron chi connectivity index (χ2n) is 5.36. The number of rotatable bonds is 3. The highest BCUT2D eigenvalue weighted by Crippen LogP contribution is 2.30. The van der Waals surface area contributed by atoms with Gasteiger partial charge in [-0.1, -0.05) is 18.2 Å². The summed E-state index contributed by atoms with van der Waals surface area (Å²) in [5.74, 6) is 0. The summed E-state index contributed by atoms with van der Waals surface area (Å²) in [7, 11) is 0. The SMILES string of the molecule is CC1Cc2c([nH]c3ccccc23)CN1CC(F)CF. The Kier molecular flexibility index (Phi) is 3.27. The number of alkyl halides is 2. The zero-order chi connectivity index (χ0) is 13.4. The monoisotopic (exact) mass is 264 g/mol. The highest BCUT2D eigenvalue weighted by atomic mass is 19.2. The maximum atomic E-state index is 13.2. The summed E-state index contributed by atoms with van der Waals surface area (Å²) in [6, 6.07) is 8.46. The molecule has 2 atom stereocenters. The Morgan fingerprint density at radius 3 is 3.00 bits per heavy atom. The van der Waals surface area contributed by atoms with E-state index in [2.05, 4.69) is 24.0 Å². The van der Waals surface area contributed by atoms with E-state index in [9.17, 15) is 8.78 Å². The molecule has 0 saturated heterocycles. The number of aromatic amines is 1. The molecule has 0 bridgehead atoms. The third-order valence-corrected chi connectivity index (χ3v) is 3.99. The van der Waals surface area contributed by atoms with Crippen LogP contribution in [0, 0.1) is 0 Å². The zero-order valence-electron chi connectivity index (χ0n) is 11.0. The van der Waals surface area contributed by atoms with Gasteiger partial charge in [-0.2, -0.15) is 0 Å². The van der Waals surface area contributed by atoms with Gasteiger partial charge in [-0.3, -0.25) is 4.90 Å². The summed E-state index contributed by atoms with van der Waals surface area (Å²) in [5, 5.41) is 1.26. The minimum Gasteiger partial charge on any atom is -0.357 e. The molecule has 1 aliphatic rings. The number of halogens is 2. The van der Waals surface area contributed by atoms with Gasteiger partial charge in [-0.15, -0.1) is 0 Å². The second-order valence-corrected chi connectivity index (χ2v) is 5.36. The molecule has 0 saturated carbocycles. The summed E-state index contributed by atoms with van der Waals surface area (Å²) in [5.41, 5.74) is 3.60. The van der Waals surface area contributed by atoms with E-state index in [1.54, 1.807) is 0 Å². The number of benzene rings is 1. The van der Waals surface area contributed by atoms with Crippen molar-refractivity contribution in [3.8, 4) is 0 Å². The molecule has 1 aliphatic heterocycles. The van der Waals surface area contributed by atoms with E-state index in [1.165, 1.54) is 10.9 Å². The van der Waals surface area contributed by atoms with Gasteiger partial charge in [0.2, 0.25) is 0 Å². The molecule has 1 aromatic heterocycles. The van der Waals surface area contributed by atoms with E-state index in [0.29, 0.717) is 6.54 Å². The quantitative estimate of drug-likeness (QED) is 0.902. The lowest BCUT2D eigenvalue weighted by Gasteiger charge is -2.33. The van der Waals surface area contributed by atoms with E-state index < -0.39 is 12.8 Å². The molecule has 0 fully saturated rings. The van der Waals surface area contributed by atoms with E-state index in [0.717, 1.165) is 17.6 Å². The fourth-order valence-corrected chi connectivity index (χ4v) is 2.96. The predicted octanol–water partition coefficient (Wildman–Crippen LogP) is 3.22. The molecule has 2 unspecified atom stereocenters. The number of para-hydroxylation sites is 1. The minimum atomic E-state index is -1.38. The molecule has 0 amide bonds. The Bertz CT molecular complexity index is 579. The van der Waals surface area contributed by atoms with Crippen LogP contribution >= 0.6 is 0 Å². The summed E-state index contributed by atoms with van der Waals surface area (Å²) in [6.07, 6.45) is -0.494. The molecule has 0 spiro atoms. The molecule has 4 heteroatoms. The Hall–Kier alpha value is -1.42. The topological polar surface area (TPSA) is 19.0 Å². The van der Waals surface area contributed by atoms with Gasteiger partial charge in [0, 0.05) is 35.7 Å². The summed E-state index contributed by atoms with van der Waals surface area (Å²) in [6.45, 7) is 2.02. The largest absolute Gasteiger partial charge is 0.357 e. The average molecular weight is 264 g/mol. The van der Waals surface area contributed by atoms with Crippen LogP contribution in [-0.2, 0) is 13.0 Å². The molecule has 3 rings (SSSR count). The first-order valence-electron chi connectivity index (χ1n) is 6.71. The van der Waals surface area contributed by atoms with Crippen molar-refractivity contribution in [1.82, 2.24) is 9.88 Å². The number of hydrogen-bond acceptors (Lipinski definition) is 1. The van der Waals surface area contributed by atoms with E-state index in [-0.39, 0.29) is 12.6 Å². The van der Waals surface area contributed by atoms with Crippen LogP contribution in [0.5, 0.6) is 0 Å². The van der Waals surface area contributed by atoms with Gasteiger partial charge in [0.05, 0.1) is 0 Å². The molecular weight excluding hydrogens is 246 g/mol. The van der Waals surface area contributed by atoms with Gasteiger partial charge >= 0.3 is 0 Å². The lowest BCUT2D eigenvalue weighted by molar-refractivity contribution is 0.118. The fourth-order valence-electron chi connectivity index (χ4n) is 2.96. The number of aromatic nitrogens is 1. The Morgan fingerprint density at radius 2 is 2.21 bits per heavy atom. The van der Waals surface area contributed by atoms with E-state index >= 15 is 0 Å². The molecule has 0 aliphatic carbocycles. The number of nitrogens with zero attached hydrogens (tertiary/aromatic N) is 1. The predicted molar refractivity (Wildman–Crippen MR) is 72.7 cm³/mol. The zero-order valence-corrected chi connectivity index (χ0v) is 11.0. The maximum Gasteiger partial charge on any atom is 0.141 e. The molecule has 1 N–H and O–H groups in total. The lowest BCUT2D eigenvalue weighted by atomic mass is 9.97. The molecule has 102 valence electrons. The number of hydrogen-bond donors (Lipinski definition) is 1. The first kappa shape index (κ1) is 12.6. The van der Waals surface area contributed by atoms with Crippen molar-refractivity contribution in [3.05, 3.63) is 35.5 Å². The molecule has 0 radical (unpaired) electrons. The first-order valence-corrected chi connectivity index (χ1v) is 6.71. The van der Waals surface area contributed by atoms with Crippen LogP contribution in [0.25, 0.3) is 10.9 Å². The van der Waals surface area contributed by atoms with E-state index in [1.807, 2.05) is 17.0 Å². The smallest absolute Gasteiger partial charge is 0.141 e. The molecule has 2 aromatic rings. The Balaban J connectivity index is 1.90. The van der Waals surface area contributed by atoms with Crippen molar-refractivity contribution in [2.45, 2.75) is 32.1 Å². The summed E-state index contributed by atoms with van der Waals surface area (Å²) in [4.78, 5) is 5.42. The van der Waals surface area contributed by atoms with Crippen LogP contribution in [0.3, 0.4) is 0 Å². The van der Waals surface area contributed by atoms with Gasteiger partial charge in [0.15, 0.2) is 0 Å². The molecule has 19 heavy (non-hydrogen) atoms. The van der Waals surface area contributed by atoms with Crippen LogP contribution in [0.2, 0.25) is 0 Å². The highest BCUT2D eigenvalue weighted by molar-refractivity contribution is 5.84. The van der Waals surface area contributed by atoms with Crippen LogP contribution in [-0.4, -0.2) is 35.3 Å². The number of H-pyrrole nitrogens is 1. The van der Waals surface area contributed by atoms with Crippen LogP contribution in [0.4, 0.5) is 8.78 Å². The van der Waals surface area contributed by atoms with Gasteiger partial charge in [0.25, 0.3) is 0 Å². The van der Waals surface area contributed by atoms with E-state index in [4.69, 9.17) is 0 Å². The molecule has 1 aromatic carbocycles. The maximum absolute atomic E-state index is 13.2. The highest BCUT2D eigenvalue weighted by Gasteiger charge is 2.27.